The van der Waals surface area contributed by atoms with E-state index in [1.165, 1.54) is 7.11 Å². The normalized spacial score (nSPS) is 10.2. The van der Waals surface area contributed by atoms with Gasteiger partial charge in [0.1, 0.15) is 0 Å². The van der Waals surface area contributed by atoms with Crippen molar-refractivity contribution < 1.29 is 19.4 Å². The molecule has 126 valence electrons. The summed E-state index contributed by atoms with van der Waals surface area (Å²) in [5.41, 5.74) is 0. The number of methoxy groups -OCH3 is 1. The molecule has 0 aliphatic carbocycles. The van der Waals surface area contributed by atoms with E-state index in [9.17, 15) is 9.59 Å². The first-order valence-electron chi connectivity index (χ1n) is 8.28. The number of carboxylic acids is 1. The molecular formula is C17H34O4. The Morgan fingerprint density at radius 1 is 0.810 bits per heavy atom. The number of esters is 1. The fraction of sp³-hybridized carbons (Fsp3) is 0.882. The highest BCUT2D eigenvalue weighted by molar-refractivity contribution is 5.72. The molecule has 0 aliphatic rings. The van der Waals surface area contributed by atoms with Crippen LogP contribution in [0.5, 0.6) is 0 Å². The summed E-state index contributed by atoms with van der Waals surface area (Å²) < 4.78 is 4.68. The first kappa shape index (κ1) is 22.2. The Hall–Kier alpha value is -1.06. The molecule has 0 bridgehead atoms. The average molecular weight is 302 g/mol. The van der Waals surface area contributed by atoms with Gasteiger partial charge in [-0.3, -0.25) is 9.59 Å². The van der Waals surface area contributed by atoms with Crippen molar-refractivity contribution in [1.82, 2.24) is 0 Å². The molecule has 0 aromatic rings. The Morgan fingerprint density at radius 2 is 1.14 bits per heavy atom. The van der Waals surface area contributed by atoms with Crippen LogP contribution in [0.2, 0.25) is 0 Å². The molecule has 4 nitrogen and oxygen atoms in total. The number of carboxylic acid groups (broad SMARTS) is 1. The Bertz CT molecular complexity index is 252. The highest BCUT2D eigenvalue weighted by atomic mass is 16.5. The first-order chi connectivity index (χ1) is 9.98. The smallest absolute Gasteiger partial charge is 0.308 e. The van der Waals surface area contributed by atoms with Crippen molar-refractivity contribution in [3.63, 3.8) is 0 Å². The molecule has 0 aliphatic heterocycles. The molecule has 0 saturated carbocycles. The van der Waals surface area contributed by atoms with E-state index in [0.29, 0.717) is 0 Å². The number of aliphatic carboxylic acids is 1. The number of ether oxygens (including phenoxy) is 1. The lowest BCUT2D eigenvalue weighted by molar-refractivity contribution is -0.146. The molecule has 0 radical (unpaired) electrons. The highest BCUT2D eigenvalue weighted by Gasteiger charge is 2.16. The van der Waals surface area contributed by atoms with Gasteiger partial charge in [-0.1, -0.05) is 53.4 Å². The summed E-state index contributed by atoms with van der Waals surface area (Å²) in [7, 11) is 1.46. The van der Waals surface area contributed by atoms with Crippen LogP contribution in [0.1, 0.15) is 79.1 Å². The van der Waals surface area contributed by atoms with Crippen LogP contribution < -0.4 is 0 Å². The summed E-state index contributed by atoms with van der Waals surface area (Å²) in [6.45, 7) is 8.22. The molecule has 0 amide bonds. The summed E-state index contributed by atoms with van der Waals surface area (Å²) in [6, 6.07) is 0. The molecule has 4 heteroatoms. The fourth-order valence-corrected chi connectivity index (χ4v) is 2.33. The Balaban J connectivity index is 0. The van der Waals surface area contributed by atoms with Crippen LogP contribution >= 0.6 is 0 Å². The average Bonchev–Trinajstić information content (AvgIpc) is 2.46. The SMILES string of the molecule is CCCC(CCC)C(=O)O.CCCC(CCC)C(=O)OC. The zero-order chi connectivity index (χ0) is 16.7. The number of hydrogen-bond donors (Lipinski definition) is 1. The molecule has 0 saturated heterocycles. The van der Waals surface area contributed by atoms with E-state index in [1.807, 2.05) is 13.8 Å². The van der Waals surface area contributed by atoms with E-state index < -0.39 is 5.97 Å². The summed E-state index contributed by atoms with van der Waals surface area (Å²) in [4.78, 5) is 21.5. The van der Waals surface area contributed by atoms with Gasteiger partial charge < -0.3 is 9.84 Å². The van der Waals surface area contributed by atoms with Crippen molar-refractivity contribution in [3.05, 3.63) is 0 Å². The quantitative estimate of drug-likeness (QED) is 0.596. The molecule has 0 fully saturated rings. The maximum Gasteiger partial charge on any atom is 0.308 e. The van der Waals surface area contributed by atoms with E-state index in [4.69, 9.17) is 5.11 Å². The molecule has 0 rings (SSSR count). The maximum atomic E-state index is 11.1. The molecule has 0 unspecified atom stereocenters. The molecule has 0 aromatic carbocycles. The highest BCUT2D eigenvalue weighted by Crippen LogP contribution is 2.14. The van der Waals surface area contributed by atoms with Crippen LogP contribution in [-0.4, -0.2) is 24.2 Å². The van der Waals surface area contributed by atoms with Gasteiger partial charge in [-0.25, -0.2) is 0 Å². The van der Waals surface area contributed by atoms with Crippen molar-refractivity contribution in [2.24, 2.45) is 11.8 Å². The van der Waals surface area contributed by atoms with Gasteiger partial charge in [0, 0.05) is 0 Å². The third-order valence-corrected chi connectivity index (χ3v) is 3.43. The fourth-order valence-electron chi connectivity index (χ4n) is 2.33. The van der Waals surface area contributed by atoms with Crippen molar-refractivity contribution in [2.75, 3.05) is 7.11 Å². The second-order valence-corrected chi connectivity index (χ2v) is 5.41. The largest absolute Gasteiger partial charge is 0.481 e. The predicted molar refractivity (Wildman–Crippen MR) is 86.3 cm³/mol. The predicted octanol–water partition coefficient (Wildman–Crippen LogP) is 4.66. The summed E-state index contributed by atoms with van der Waals surface area (Å²) in [5.74, 6) is -0.651. The van der Waals surface area contributed by atoms with E-state index in [2.05, 4.69) is 18.6 Å². The summed E-state index contributed by atoms with van der Waals surface area (Å²) in [6.07, 6.45) is 7.61. The van der Waals surface area contributed by atoms with Crippen molar-refractivity contribution in [3.8, 4) is 0 Å². The second kappa shape index (κ2) is 15.3. The topological polar surface area (TPSA) is 63.6 Å². The van der Waals surface area contributed by atoms with Crippen LogP contribution in [0.25, 0.3) is 0 Å². The van der Waals surface area contributed by atoms with E-state index in [-0.39, 0.29) is 17.8 Å². The standard InChI is InChI=1S/C9H18O2.C8H16O2/c1-4-6-8(7-5-2)9(10)11-3;1-3-5-7(6-4-2)8(9)10/h8H,4-7H2,1-3H3;7H,3-6H2,1-2H3,(H,9,10). The first-order valence-corrected chi connectivity index (χ1v) is 8.28. The lowest BCUT2D eigenvalue weighted by atomic mass is 9.99. The number of carbonyl (C=O) groups excluding carboxylic acids is 1. The molecule has 21 heavy (non-hydrogen) atoms. The van der Waals surface area contributed by atoms with Crippen LogP contribution in [0.15, 0.2) is 0 Å². The minimum Gasteiger partial charge on any atom is -0.481 e. The van der Waals surface area contributed by atoms with Crippen molar-refractivity contribution in [1.29, 1.82) is 0 Å². The lowest BCUT2D eigenvalue weighted by Crippen LogP contribution is -2.15. The van der Waals surface area contributed by atoms with Gasteiger partial charge in [0.05, 0.1) is 18.9 Å². The van der Waals surface area contributed by atoms with E-state index >= 15 is 0 Å². The van der Waals surface area contributed by atoms with Crippen LogP contribution in [0.3, 0.4) is 0 Å². The monoisotopic (exact) mass is 302 g/mol. The van der Waals surface area contributed by atoms with E-state index in [1.54, 1.807) is 0 Å². The zero-order valence-electron chi connectivity index (χ0n) is 14.5. The summed E-state index contributed by atoms with van der Waals surface area (Å²) in [5, 5.41) is 8.64. The lowest BCUT2D eigenvalue weighted by Gasteiger charge is -2.11. The number of hydrogen-bond acceptors (Lipinski definition) is 3. The molecule has 1 N–H and O–H groups in total. The van der Waals surface area contributed by atoms with E-state index in [0.717, 1.165) is 51.4 Å². The number of carbonyl (C=O) groups is 2. The second-order valence-electron chi connectivity index (χ2n) is 5.41. The zero-order valence-corrected chi connectivity index (χ0v) is 14.5. The Kier molecular flexibility index (Phi) is 16.2. The maximum absolute atomic E-state index is 11.1. The molecule has 0 aromatic heterocycles. The van der Waals surface area contributed by atoms with Crippen LogP contribution in [0.4, 0.5) is 0 Å². The van der Waals surface area contributed by atoms with Gasteiger partial charge in [-0.05, 0) is 25.7 Å². The molecule has 0 spiro atoms. The minimum atomic E-state index is -0.635. The third kappa shape index (κ3) is 12.4. The Morgan fingerprint density at radius 3 is 1.38 bits per heavy atom. The number of rotatable bonds is 10. The summed E-state index contributed by atoms with van der Waals surface area (Å²) >= 11 is 0. The van der Waals surface area contributed by atoms with Gasteiger partial charge in [0.25, 0.3) is 0 Å². The third-order valence-electron chi connectivity index (χ3n) is 3.43. The molecule has 0 atom stereocenters. The van der Waals surface area contributed by atoms with Crippen LogP contribution in [0, 0.1) is 11.8 Å². The Labute approximate surface area is 130 Å². The molecule has 0 heterocycles. The molecular weight excluding hydrogens is 268 g/mol. The minimum absolute atomic E-state index is 0.0475. The van der Waals surface area contributed by atoms with Gasteiger partial charge in [-0.2, -0.15) is 0 Å². The van der Waals surface area contributed by atoms with Gasteiger partial charge in [0.15, 0.2) is 0 Å². The van der Waals surface area contributed by atoms with Gasteiger partial charge in [-0.15, -0.1) is 0 Å². The van der Waals surface area contributed by atoms with Crippen molar-refractivity contribution in [2.45, 2.75) is 79.1 Å². The van der Waals surface area contributed by atoms with Gasteiger partial charge in [0.2, 0.25) is 0 Å². The van der Waals surface area contributed by atoms with Crippen LogP contribution in [-0.2, 0) is 14.3 Å². The van der Waals surface area contributed by atoms with Gasteiger partial charge >= 0.3 is 11.9 Å². The van der Waals surface area contributed by atoms with Crippen molar-refractivity contribution >= 4 is 11.9 Å².